The number of rotatable bonds is 1. The monoisotopic (exact) mass is 327 g/mol. The van der Waals surface area contributed by atoms with Crippen molar-refractivity contribution in [3.05, 3.63) is 27.6 Å². The Hall–Kier alpha value is -1.24. The summed E-state index contributed by atoms with van der Waals surface area (Å²) in [5.74, 6) is 0.974. The highest BCUT2D eigenvalue weighted by Gasteiger charge is 2.22. The molecule has 0 spiro atoms. The Balaban J connectivity index is 1.97. The normalized spacial score (nSPS) is 19.9. The van der Waals surface area contributed by atoms with Crippen LogP contribution in [0.3, 0.4) is 0 Å². The molecule has 2 heterocycles. The molecular formula is C13H10ClNO3S2. The van der Waals surface area contributed by atoms with Crippen molar-refractivity contribution in [2.24, 2.45) is 0 Å². The lowest BCUT2D eigenvalue weighted by atomic mass is 10.2. The molecule has 3 rings (SSSR count). The van der Waals surface area contributed by atoms with Crippen LogP contribution in [-0.2, 0) is 4.79 Å². The van der Waals surface area contributed by atoms with Crippen LogP contribution >= 0.6 is 35.6 Å². The van der Waals surface area contributed by atoms with Gasteiger partial charge in [-0.05, 0) is 23.8 Å². The molecule has 0 saturated carbocycles. The van der Waals surface area contributed by atoms with E-state index in [2.05, 4.69) is 5.32 Å². The van der Waals surface area contributed by atoms with E-state index in [-0.39, 0.29) is 5.91 Å². The summed E-state index contributed by atoms with van der Waals surface area (Å²) in [6.45, 7) is 1.17. The molecule has 0 bridgehead atoms. The lowest BCUT2D eigenvalue weighted by molar-refractivity contribution is -0.115. The average Bonchev–Trinajstić information content (AvgIpc) is 2.61. The summed E-state index contributed by atoms with van der Waals surface area (Å²) in [4.78, 5) is 12.2. The van der Waals surface area contributed by atoms with Gasteiger partial charge in [-0.3, -0.25) is 4.79 Å². The molecule has 1 aromatic rings. The first-order valence-corrected chi connectivity index (χ1v) is 7.58. The molecular weight excluding hydrogens is 318 g/mol. The van der Waals surface area contributed by atoms with Gasteiger partial charge in [0.25, 0.3) is 5.91 Å². The lowest BCUT2D eigenvalue weighted by Gasteiger charge is -2.10. The maximum absolute atomic E-state index is 11.6. The number of fused-ring (bicyclic) bond motifs is 1. The third-order valence-corrected chi connectivity index (χ3v) is 4.21. The van der Waals surface area contributed by atoms with E-state index in [9.17, 15) is 4.79 Å². The van der Waals surface area contributed by atoms with Crippen molar-refractivity contribution < 1.29 is 14.3 Å². The van der Waals surface area contributed by atoms with Crippen molar-refractivity contribution in [3.8, 4) is 11.5 Å². The van der Waals surface area contributed by atoms with Gasteiger partial charge in [-0.1, -0.05) is 35.6 Å². The fourth-order valence-electron chi connectivity index (χ4n) is 1.91. The van der Waals surface area contributed by atoms with Gasteiger partial charge >= 0.3 is 0 Å². The van der Waals surface area contributed by atoms with Crippen LogP contribution in [0.15, 0.2) is 17.0 Å². The highest BCUT2D eigenvalue weighted by atomic mass is 35.5. The molecule has 0 unspecified atom stereocenters. The molecule has 104 valence electrons. The molecule has 1 amide bonds. The van der Waals surface area contributed by atoms with Crippen molar-refractivity contribution in [1.29, 1.82) is 0 Å². The first-order chi connectivity index (χ1) is 9.63. The van der Waals surface area contributed by atoms with Crippen molar-refractivity contribution in [1.82, 2.24) is 5.32 Å². The molecule has 0 aromatic heterocycles. The summed E-state index contributed by atoms with van der Waals surface area (Å²) in [5.41, 5.74) is 0.779. The molecule has 1 fully saturated rings. The average molecular weight is 328 g/mol. The van der Waals surface area contributed by atoms with E-state index in [1.165, 1.54) is 11.8 Å². The largest absolute Gasteiger partial charge is 0.489 e. The summed E-state index contributed by atoms with van der Waals surface area (Å²) in [7, 11) is 0. The second-order valence-electron chi connectivity index (χ2n) is 4.23. The zero-order chi connectivity index (χ0) is 14.1. The second kappa shape index (κ2) is 5.63. The number of hydrogen-bond acceptors (Lipinski definition) is 5. The minimum atomic E-state index is -0.191. The fourth-order valence-corrected chi connectivity index (χ4v) is 3.22. The highest BCUT2D eigenvalue weighted by Crippen LogP contribution is 2.39. The van der Waals surface area contributed by atoms with Crippen LogP contribution in [-0.4, -0.2) is 23.4 Å². The zero-order valence-electron chi connectivity index (χ0n) is 10.3. The fraction of sp³-hybridized carbons (Fsp3) is 0.231. The third kappa shape index (κ3) is 2.77. The molecule has 1 N–H and O–H groups in total. The number of ether oxygens (including phenoxy) is 2. The molecule has 1 saturated heterocycles. The van der Waals surface area contributed by atoms with E-state index in [0.717, 1.165) is 12.0 Å². The summed E-state index contributed by atoms with van der Waals surface area (Å²) in [6, 6.07) is 3.56. The zero-order valence-corrected chi connectivity index (χ0v) is 12.7. The number of carbonyl (C=O) groups is 1. The predicted octanol–water partition coefficient (Wildman–Crippen LogP) is 2.99. The van der Waals surface area contributed by atoms with Crippen molar-refractivity contribution in [2.45, 2.75) is 6.42 Å². The van der Waals surface area contributed by atoms with E-state index in [0.29, 0.717) is 39.0 Å². The van der Waals surface area contributed by atoms with Crippen LogP contribution in [0, 0.1) is 0 Å². The number of hydrogen-bond donors (Lipinski definition) is 1. The first-order valence-electron chi connectivity index (χ1n) is 5.97. The molecule has 1 aromatic carbocycles. The maximum Gasteiger partial charge on any atom is 0.263 e. The predicted molar refractivity (Wildman–Crippen MR) is 83.4 cm³/mol. The quantitative estimate of drug-likeness (QED) is 0.634. The number of carbonyl (C=O) groups excluding carboxylic acids is 1. The van der Waals surface area contributed by atoms with Crippen molar-refractivity contribution in [2.75, 3.05) is 13.2 Å². The topological polar surface area (TPSA) is 47.6 Å². The third-order valence-electron chi connectivity index (χ3n) is 2.76. The first kappa shape index (κ1) is 13.7. The van der Waals surface area contributed by atoms with Gasteiger partial charge in [-0.15, -0.1) is 0 Å². The van der Waals surface area contributed by atoms with Crippen LogP contribution in [0.2, 0.25) is 5.02 Å². The molecule has 4 nitrogen and oxygen atoms in total. The molecule has 2 aliphatic rings. The van der Waals surface area contributed by atoms with Crippen molar-refractivity contribution >= 4 is 51.9 Å². The van der Waals surface area contributed by atoms with Crippen LogP contribution in [0.5, 0.6) is 11.5 Å². The van der Waals surface area contributed by atoms with Crippen LogP contribution in [0.25, 0.3) is 6.08 Å². The molecule has 2 aliphatic heterocycles. The number of nitrogens with one attached hydrogen (secondary N) is 1. The number of halogens is 1. The molecule has 0 radical (unpaired) electrons. The SMILES string of the molecule is O=C1NC(=S)SC1=Cc1cc(Cl)c2c(c1)OCCCO2. The Morgan fingerprint density at radius 1 is 1.35 bits per heavy atom. The van der Waals surface area contributed by atoms with Gasteiger partial charge in [0, 0.05) is 6.42 Å². The van der Waals surface area contributed by atoms with Gasteiger partial charge in [0.05, 0.1) is 23.1 Å². The number of thiocarbonyl (C=S) groups is 1. The summed E-state index contributed by atoms with van der Waals surface area (Å²) < 4.78 is 11.6. The molecule has 0 atom stereocenters. The smallest absolute Gasteiger partial charge is 0.263 e. The Bertz CT molecular complexity index is 630. The van der Waals surface area contributed by atoms with Gasteiger partial charge in [0.2, 0.25) is 0 Å². The molecule has 20 heavy (non-hydrogen) atoms. The van der Waals surface area contributed by atoms with Crippen LogP contribution < -0.4 is 14.8 Å². The maximum atomic E-state index is 11.6. The summed E-state index contributed by atoms with van der Waals surface area (Å²) in [5, 5.41) is 3.05. The summed E-state index contributed by atoms with van der Waals surface area (Å²) >= 11 is 12.4. The van der Waals surface area contributed by atoms with E-state index >= 15 is 0 Å². The minimum Gasteiger partial charge on any atom is -0.489 e. The van der Waals surface area contributed by atoms with E-state index < -0.39 is 0 Å². The van der Waals surface area contributed by atoms with Gasteiger partial charge in [0.15, 0.2) is 11.5 Å². The van der Waals surface area contributed by atoms with E-state index in [1.807, 2.05) is 6.07 Å². The highest BCUT2D eigenvalue weighted by molar-refractivity contribution is 8.26. The Kier molecular flexibility index (Phi) is 3.87. The minimum absolute atomic E-state index is 0.191. The molecule has 7 heteroatoms. The van der Waals surface area contributed by atoms with Crippen LogP contribution in [0.4, 0.5) is 0 Å². The number of thioether (sulfide) groups is 1. The van der Waals surface area contributed by atoms with Gasteiger partial charge in [-0.2, -0.15) is 0 Å². The Labute approximate surface area is 130 Å². The summed E-state index contributed by atoms with van der Waals surface area (Å²) in [6.07, 6.45) is 2.55. The number of amides is 1. The lowest BCUT2D eigenvalue weighted by Crippen LogP contribution is -2.17. The van der Waals surface area contributed by atoms with Gasteiger partial charge < -0.3 is 14.8 Å². The molecule has 0 aliphatic carbocycles. The van der Waals surface area contributed by atoms with Crippen LogP contribution in [0.1, 0.15) is 12.0 Å². The second-order valence-corrected chi connectivity index (χ2v) is 6.36. The van der Waals surface area contributed by atoms with Gasteiger partial charge in [0.1, 0.15) is 4.32 Å². The van der Waals surface area contributed by atoms with Crippen molar-refractivity contribution in [3.63, 3.8) is 0 Å². The Morgan fingerprint density at radius 2 is 2.15 bits per heavy atom. The standard InChI is InChI=1S/C13H10ClNO3S2/c14-8-4-7(6-10-12(16)15-13(19)20-10)5-9-11(8)18-3-1-2-17-9/h4-6H,1-3H2,(H,15,16,19). The number of benzene rings is 1. The van der Waals surface area contributed by atoms with E-state index in [1.54, 1.807) is 12.1 Å². The van der Waals surface area contributed by atoms with Gasteiger partial charge in [-0.25, -0.2) is 0 Å². The van der Waals surface area contributed by atoms with E-state index in [4.69, 9.17) is 33.3 Å². The Morgan fingerprint density at radius 3 is 2.90 bits per heavy atom.